The maximum absolute atomic E-state index is 17.1. The third-order valence-corrected chi connectivity index (χ3v) is 11.6. The summed E-state index contributed by atoms with van der Waals surface area (Å²) in [5.74, 6) is 1.55. The second-order valence-corrected chi connectivity index (χ2v) is 14.9. The van der Waals surface area contributed by atoms with E-state index in [-0.39, 0.29) is 74.7 Å². The van der Waals surface area contributed by atoms with Gasteiger partial charge in [-0.05, 0) is 56.2 Å². The Morgan fingerprint density at radius 3 is 2.45 bits per heavy atom. The summed E-state index contributed by atoms with van der Waals surface area (Å²) in [6.07, 6.45) is 9.73. The number of pyridine rings is 1. The van der Waals surface area contributed by atoms with E-state index in [0.29, 0.717) is 36.3 Å². The van der Waals surface area contributed by atoms with Crippen LogP contribution in [0.5, 0.6) is 17.6 Å². The summed E-state index contributed by atoms with van der Waals surface area (Å²) >= 11 is 0. The number of alkyl halides is 1. The van der Waals surface area contributed by atoms with Crippen LogP contribution >= 0.6 is 0 Å². The predicted octanol–water partition coefficient (Wildman–Crippen LogP) is 5.21. The minimum absolute atomic E-state index is 0.0366. The maximum Gasteiger partial charge on any atom is 0.319 e. The highest BCUT2D eigenvalue weighted by atomic mass is 19.1. The molecule has 0 amide bonds. The van der Waals surface area contributed by atoms with E-state index in [0.717, 1.165) is 45.3 Å². The average molecular weight is 671 g/mol. The molecule has 4 atom stereocenters. The lowest BCUT2D eigenvalue weighted by Gasteiger charge is -2.34. The molecule has 49 heavy (non-hydrogen) atoms. The van der Waals surface area contributed by atoms with Crippen LogP contribution in [-0.2, 0) is 0 Å². The van der Waals surface area contributed by atoms with Gasteiger partial charge in [-0.25, -0.2) is 18.2 Å². The number of piperidine rings is 1. The molecule has 5 fully saturated rings. The highest BCUT2D eigenvalue weighted by Crippen LogP contribution is 2.59. The van der Waals surface area contributed by atoms with Crippen molar-refractivity contribution in [2.45, 2.75) is 50.4 Å². The van der Waals surface area contributed by atoms with E-state index in [1.54, 1.807) is 6.92 Å². The molecule has 2 aliphatic carbocycles. The number of fused-ring (bicyclic) bond motifs is 5. The first-order valence-electron chi connectivity index (χ1n) is 17.0. The second-order valence-electron chi connectivity index (χ2n) is 14.9. The SMILES string of the molecule is C#Cc1c(F)ccc2cc(O)cc(-c3nc(OC)c4c(N5CC6CCC(C5)N6)nc(OCC5(CN6CC7C(C6)C7(C)F)CC5)nc4c3F)c12. The lowest BCUT2D eigenvalue weighted by molar-refractivity contribution is 0.140. The molecule has 9 rings (SSSR count). The summed E-state index contributed by atoms with van der Waals surface area (Å²) in [6.45, 7) is 5.71. The molecular formula is C37H37F3N6O3. The highest BCUT2D eigenvalue weighted by Gasteiger charge is 2.67. The number of benzene rings is 2. The number of phenolic OH excluding ortho intramolecular Hbond substituents is 1. The number of hydrogen-bond donors (Lipinski definition) is 2. The van der Waals surface area contributed by atoms with Gasteiger partial charge in [-0.1, -0.05) is 12.0 Å². The van der Waals surface area contributed by atoms with E-state index >= 15 is 4.39 Å². The van der Waals surface area contributed by atoms with Crippen LogP contribution in [0.4, 0.5) is 19.0 Å². The number of nitrogens with zero attached hydrogens (tertiary/aromatic N) is 5. The van der Waals surface area contributed by atoms with Crippen molar-refractivity contribution in [3.8, 4) is 41.2 Å². The number of likely N-dealkylation sites (tertiary alicyclic amines) is 1. The van der Waals surface area contributed by atoms with Gasteiger partial charge in [-0.2, -0.15) is 9.97 Å². The molecule has 2 aromatic carbocycles. The number of hydrogen-bond acceptors (Lipinski definition) is 9. The lowest BCUT2D eigenvalue weighted by atomic mass is 9.95. The molecule has 254 valence electrons. The van der Waals surface area contributed by atoms with Gasteiger partial charge in [0.2, 0.25) is 5.88 Å². The number of phenols is 1. The van der Waals surface area contributed by atoms with Crippen LogP contribution in [0.15, 0.2) is 24.3 Å². The third kappa shape index (κ3) is 4.96. The van der Waals surface area contributed by atoms with Gasteiger partial charge < -0.3 is 29.7 Å². The number of rotatable bonds is 8. The van der Waals surface area contributed by atoms with E-state index in [4.69, 9.17) is 20.9 Å². The standard InChI is InChI=1S/C37H37F3N6O3/c1-4-23-27(38)8-5-19-11-22(47)12-24(28(19)23)31-30(39)32-29(34(42-31)48-3)33(46-13-20-6-7-21(14-46)41-20)44-35(43-32)49-18-37(9-10-37)17-45-15-25-26(16-45)36(25,2)40/h1,5,8,11-12,20-21,25-26,41,47H,6-7,9-10,13-18H2,2-3H3. The first-order valence-corrected chi connectivity index (χ1v) is 17.0. The van der Waals surface area contributed by atoms with Gasteiger partial charge >= 0.3 is 6.01 Å². The predicted molar refractivity (Wildman–Crippen MR) is 179 cm³/mol. The van der Waals surface area contributed by atoms with Crippen molar-refractivity contribution in [2.24, 2.45) is 17.3 Å². The number of terminal acetylenes is 1. The molecule has 4 unspecified atom stereocenters. The topological polar surface area (TPSA) is 95.9 Å². The van der Waals surface area contributed by atoms with Gasteiger partial charge in [0.25, 0.3) is 0 Å². The molecule has 2 saturated carbocycles. The number of nitrogens with one attached hydrogen (secondary N) is 1. The van der Waals surface area contributed by atoms with Gasteiger partial charge in [-0.15, -0.1) is 6.42 Å². The Morgan fingerprint density at radius 1 is 1.04 bits per heavy atom. The van der Waals surface area contributed by atoms with Gasteiger partial charge in [0.05, 0.1) is 19.3 Å². The van der Waals surface area contributed by atoms with Gasteiger partial charge in [0.15, 0.2) is 5.82 Å². The molecule has 2 bridgehead atoms. The number of aromatic hydroxyl groups is 1. The second kappa shape index (κ2) is 10.8. The van der Waals surface area contributed by atoms with Crippen molar-refractivity contribution in [1.29, 1.82) is 0 Å². The van der Waals surface area contributed by atoms with E-state index < -0.39 is 17.3 Å². The first kappa shape index (κ1) is 30.7. The van der Waals surface area contributed by atoms with Gasteiger partial charge in [-0.3, -0.25) is 0 Å². The molecule has 12 heteroatoms. The first-order chi connectivity index (χ1) is 23.6. The molecule has 9 nitrogen and oxygen atoms in total. The minimum atomic E-state index is -1.04. The van der Waals surface area contributed by atoms with Crippen LogP contribution in [0, 0.1) is 41.2 Å². The number of aromatic nitrogens is 3. The van der Waals surface area contributed by atoms with E-state index in [2.05, 4.69) is 31.0 Å². The van der Waals surface area contributed by atoms with Crippen LogP contribution in [0.2, 0.25) is 0 Å². The molecule has 3 aliphatic heterocycles. The van der Waals surface area contributed by atoms with Crippen LogP contribution in [-0.4, -0.2) is 89.2 Å². The van der Waals surface area contributed by atoms with E-state index in [9.17, 15) is 13.9 Å². The van der Waals surface area contributed by atoms with Crippen molar-refractivity contribution in [3.05, 3.63) is 41.5 Å². The van der Waals surface area contributed by atoms with E-state index in [1.807, 2.05) is 0 Å². The molecule has 0 radical (unpaired) electrons. The maximum atomic E-state index is 17.1. The Kier molecular flexibility index (Phi) is 6.78. The zero-order chi connectivity index (χ0) is 33.8. The Morgan fingerprint density at radius 2 is 1.78 bits per heavy atom. The van der Waals surface area contributed by atoms with Crippen molar-refractivity contribution < 1.29 is 27.8 Å². The number of piperazine rings is 1. The Bertz CT molecular complexity index is 2060. The van der Waals surface area contributed by atoms with Crippen molar-refractivity contribution in [3.63, 3.8) is 0 Å². The van der Waals surface area contributed by atoms with Crippen LogP contribution in [0.3, 0.4) is 0 Å². The molecule has 2 N–H and O–H groups in total. The summed E-state index contributed by atoms with van der Waals surface area (Å²) in [5, 5.41) is 15.2. The molecule has 4 aromatic rings. The molecular weight excluding hydrogens is 633 g/mol. The summed E-state index contributed by atoms with van der Waals surface area (Å²) in [6, 6.07) is 6.01. The van der Waals surface area contributed by atoms with Gasteiger partial charge in [0, 0.05) is 73.0 Å². The molecule has 5 aliphatic rings. The van der Waals surface area contributed by atoms with Crippen LogP contribution in [0.25, 0.3) is 32.9 Å². The Balaban J connectivity index is 1.14. The number of anilines is 1. The fourth-order valence-corrected chi connectivity index (χ4v) is 8.69. The quantitative estimate of drug-likeness (QED) is 0.245. The molecule has 5 heterocycles. The Hall–Kier alpha value is -4.34. The zero-order valence-electron chi connectivity index (χ0n) is 27.4. The van der Waals surface area contributed by atoms with Gasteiger partial charge in [0.1, 0.15) is 39.7 Å². The summed E-state index contributed by atoms with van der Waals surface area (Å²) in [4.78, 5) is 18.6. The molecule has 0 spiro atoms. The van der Waals surface area contributed by atoms with Crippen LogP contribution < -0.4 is 19.7 Å². The van der Waals surface area contributed by atoms with Crippen molar-refractivity contribution >= 4 is 27.5 Å². The number of methoxy groups -OCH3 is 1. The third-order valence-electron chi connectivity index (χ3n) is 11.6. The summed E-state index contributed by atoms with van der Waals surface area (Å²) in [5.41, 5.74) is -1.36. The summed E-state index contributed by atoms with van der Waals surface area (Å²) in [7, 11) is 1.44. The number of ether oxygens (including phenoxy) is 2. The fourth-order valence-electron chi connectivity index (χ4n) is 8.69. The number of halogens is 3. The highest BCUT2D eigenvalue weighted by molar-refractivity contribution is 6.04. The zero-order valence-corrected chi connectivity index (χ0v) is 27.4. The summed E-state index contributed by atoms with van der Waals surface area (Å²) < 4.78 is 58.6. The normalized spacial score (nSPS) is 28.1. The molecule has 2 aromatic heterocycles. The molecule has 3 saturated heterocycles. The van der Waals surface area contributed by atoms with Crippen LogP contribution in [0.1, 0.15) is 38.2 Å². The van der Waals surface area contributed by atoms with E-state index in [1.165, 1.54) is 31.4 Å². The largest absolute Gasteiger partial charge is 0.508 e. The average Bonchev–Trinajstić information content (AvgIpc) is 3.80. The van der Waals surface area contributed by atoms with Crippen molar-refractivity contribution in [1.82, 2.24) is 25.2 Å². The fraction of sp³-hybridized carbons (Fsp3) is 0.486. The van der Waals surface area contributed by atoms with Crippen molar-refractivity contribution in [2.75, 3.05) is 51.3 Å². The monoisotopic (exact) mass is 670 g/mol. The Labute approximate surface area is 281 Å². The lowest BCUT2D eigenvalue weighted by Crippen LogP contribution is -2.51. The smallest absolute Gasteiger partial charge is 0.319 e. The minimum Gasteiger partial charge on any atom is -0.508 e.